The van der Waals surface area contributed by atoms with Crippen LogP contribution in [0.25, 0.3) is 28.5 Å². The maximum atomic E-state index is 14.5. The number of anilines is 1. The van der Waals surface area contributed by atoms with E-state index in [1.54, 1.807) is 18.2 Å². The van der Waals surface area contributed by atoms with Gasteiger partial charge in [0.1, 0.15) is 23.1 Å². The van der Waals surface area contributed by atoms with Crippen molar-refractivity contribution in [2.75, 3.05) is 5.32 Å². The highest BCUT2D eigenvalue weighted by molar-refractivity contribution is 6.31. The number of benzene rings is 3. The van der Waals surface area contributed by atoms with Crippen molar-refractivity contribution in [3.8, 4) is 16.9 Å². The van der Waals surface area contributed by atoms with Crippen LogP contribution in [0, 0.1) is 11.6 Å². The fourth-order valence-electron chi connectivity index (χ4n) is 4.43. The van der Waals surface area contributed by atoms with Gasteiger partial charge >= 0.3 is 0 Å². The van der Waals surface area contributed by atoms with E-state index in [2.05, 4.69) is 32.2 Å². The van der Waals surface area contributed by atoms with E-state index >= 15 is 0 Å². The fraction of sp³-hybridized carbons (Fsp3) is 0.154. The molecule has 0 saturated carbocycles. The summed E-state index contributed by atoms with van der Waals surface area (Å²) in [6.45, 7) is 6.25. The molecule has 0 atom stereocenters. The summed E-state index contributed by atoms with van der Waals surface area (Å²) in [5.41, 5.74) is 5.55. The highest BCUT2D eigenvalue weighted by Crippen LogP contribution is 2.49. The minimum Gasteiger partial charge on any atom is -0.456 e. The molecule has 0 spiro atoms. The van der Waals surface area contributed by atoms with Crippen molar-refractivity contribution < 1.29 is 13.5 Å². The van der Waals surface area contributed by atoms with Gasteiger partial charge < -0.3 is 10.1 Å². The minimum absolute atomic E-state index is 0.127. The van der Waals surface area contributed by atoms with Gasteiger partial charge in [0.2, 0.25) is 0 Å². The number of halogens is 3. The SMILES string of the molecule is CC1=CC(C)(C)Nc2ccc3c(c21)C(=Cc1cc(F)ccc1F)Oc1ccc(Cl)cc1-3. The van der Waals surface area contributed by atoms with Crippen molar-refractivity contribution in [3.05, 3.63) is 88.0 Å². The first kappa shape index (κ1) is 19.8. The lowest BCUT2D eigenvalue weighted by Crippen LogP contribution is -2.32. The molecule has 5 heteroatoms. The lowest BCUT2D eigenvalue weighted by molar-refractivity contribution is 0.514. The molecule has 156 valence electrons. The van der Waals surface area contributed by atoms with E-state index in [1.807, 2.05) is 18.2 Å². The fourth-order valence-corrected chi connectivity index (χ4v) is 4.60. The number of hydrogen-bond donors (Lipinski definition) is 1. The quantitative estimate of drug-likeness (QED) is 0.421. The molecule has 0 fully saturated rings. The number of ether oxygens (including phenoxy) is 1. The summed E-state index contributed by atoms with van der Waals surface area (Å²) in [4.78, 5) is 0. The topological polar surface area (TPSA) is 21.3 Å². The van der Waals surface area contributed by atoms with Gasteiger partial charge in [-0.15, -0.1) is 0 Å². The zero-order valence-electron chi connectivity index (χ0n) is 17.3. The monoisotopic (exact) mass is 435 g/mol. The van der Waals surface area contributed by atoms with Crippen LogP contribution >= 0.6 is 11.6 Å². The molecule has 0 bridgehead atoms. The van der Waals surface area contributed by atoms with E-state index in [9.17, 15) is 8.78 Å². The Bertz CT molecular complexity index is 1310. The molecule has 0 saturated heterocycles. The van der Waals surface area contributed by atoms with E-state index in [4.69, 9.17) is 16.3 Å². The molecule has 1 N–H and O–H groups in total. The molecule has 2 heterocycles. The molecule has 0 unspecified atom stereocenters. The third-order valence-electron chi connectivity index (χ3n) is 5.58. The van der Waals surface area contributed by atoms with Crippen LogP contribution in [-0.4, -0.2) is 5.54 Å². The van der Waals surface area contributed by atoms with E-state index < -0.39 is 11.6 Å². The van der Waals surface area contributed by atoms with Crippen LogP contribution in [0.15, 0.2) is 54.6 Å². The molecule has 2 nitrogen and oxygen atoms in total. The zero-order valence-corrected chi connectivity index (χ0v) is 18.1. The molecular weight excluding hydrogens is 416 g/mol. The normalized spacial score (nSPS) is 17.1. The Hall–Kier alpha value is -3.11. The average molecular weight is 436 g/mol. The minimum atomic E-state index is -0.516. The number of hydrogen-bond acceptors (Lipinski definition) is 2. The molecule has 0 aliphatic carbocycles. The van der Waals surface area contributed by atoms with Crippen molar-refractivity contribution in [2.45, 2.75) is 26.3 Å². The highest BCUT2D eigenvalue weighted by Gasteiger charge is 2.31. The number of nitrogens with one attached hydrogen (secondary N) is 1. The Morgan fingerprint density at radius 1 is 0.968 bits per heavy atom. The second kappa shape index (κ2) is 6.96. The average Bonchev–Trinajstić information content (AvgIpc) is 2.69. The number of allylic oxidation sites excluding steroid dienone is 1. The predicted molar refractivity (Wildman–Crippen MR) is 123 cm³/mol. The summed E-state index contributed by atoms with van der Waals surface area (Å²) in [7, 11) is 0. The van der Waals surface area contributed by atoms with Gasteiger partial charge in [0.05, 0.1) is 5.54 Å². The lowest BCUT2D eigenvalue weighted by Gasteiger charge is -2.35. The third-order valence-corrected chi connectivity index (χ3v) is 5.81. The Morgan fingerprint density at radius 3 is 2.58 bits per heavy atom. The third kappa shape index (κ3) is 3.41. The summed E-state index contributed by atoms with van der Waals surface area (Å²) >= 11 is 6.27. The molecule has 0 amide bonds. The molecule has 3 aromatic rings. The van der Waals surface area contributed by atoms with Crippen LogP contribution in [0.4, 0.5) is 14.5 Å². The van der Waals surface area contributed by atoms with Crippen molar-refractivity contribution in [2.24, 2.45) is 0 Å². The molecular formula is C26H20ClF2NO. The molecule has 2 aliphatic rings. The molecule has 3 aromatic carbocycles. The predicted octanol–water partition coefficient (Wildman–Crippen LogP) is 7.78. The first-order valence-electron chi connectivity index (χ1n) is 10.0. The Kier molecular flexibility index (Phi) is 4.45. The van der Waals surface area contributed by atoms with Gasteiger partial charge in [0.15, 0.2) is 0 Å². The Morgan fingerprint density at radius 2 is 1.77 bits per heavy atom. The Balaban J connectivity index is 1.82. The summed E-state index contributed by atoms with van der Waals surface area (Å²) in [5, 5.41) is 4.14. The largest absolute Gasteiger partial charge is 0.456 e. The van der Waals surface area contributed by atoms with Gasteiger partial charge in [0, 0.05) is 33.0 Å². The number of rotatable bonds is 1. The van der Waals surface area contributed by atoms with Crippen LogP contribution in [-0.2, 0) is 0 Å². The van der Waals surface area contributed by atoms with Crippen LogP contribution in [0.3, 0.4) is 0 Å². The van der Waals surface area contributed by atoms with Crippen LogP contribution in [0.1, 0.15) is 37.5 Å². The maximum Gasteiger partial charge on any atom is 0.136 e. The van der Waals surface area contributed by atoms with E-state index in [-0.39, 0.29) is 11.1 Å². The van der Waals surface area contributed by atoms with Gasteiger partial charge in [-0.1, -0.05) is 23.7 Å². The van der Waals surface area contributed by atoms with Gasteiger partial charge in [-0.25, -0.2) is 8.78 Å². The molecule has 0 aromatic heterocycles. The first-order valence-corrected chi connectivity index (χ1v) is 10.4. The summed E-state index contributed by atoms with van der Waals surface area (Å²) in [6, 6.07) is 12.9. The lowest BCUT2D eigenvalue weighted by atomic mass is 9.83. The summed E-state index contributed by atoms with van der Waals surface area (Å²) < 4.78 is 34.5. The van der Waals surface area contributed by atoms with Crippen LogP contribution < -0.4 is 10.1 Å². The van der Waals surface area contributed by atoms with E-state index in [0.717, 1.165) is 45.6 Å². The molecule has 0 radical (unpaired) electrons. The van der Waals surface area contributed by atoms with E-state index in [0.29, 0.717) is 16.5 Å². The second-order valence-electron chi connectivity index (χ2n) is 8.50. The molecule has 2 aliphatic heterocycles. The van der Waals surface area contributed by atoms with Crippen LogP contribution in [0.5, 0.6) is 5.75 Å². The second-order valence-corrected chi connectivity index (χ2v) is 8.94. The van der Waals surface area contributed by atoms with E-state index in [1.165, 1.54) is 6.07 Å². The molecule has 5 rings (SSSR count). The maximum absolute atomic E-state index is 14.5. The van der Waals surface area contributed by atoms with Crippen molar-refractivity contribution >= 4 is 34.7 Å². The van der Waals surface area contributed by atoms with Crippen molar-refractivity contribution in [1.82, 2.24) is 0 Å². The van der Waals surface area contributed by atoms with Gasteiger partial charge in [-0.05, 0) is 80.4 Å². The Labute approximate surface area is 184 Å². The molecule has 31 heavy (non-hydrogen) atoms. The van der Waals surface area contributed by atoms with Gasteiger partial charge in [0.25, 0.3) is 0 Å². The highest BCUT2D eigenvalue weighted by atomic mass is 35.5. The summed E-state index contributed by atoms with van der Waals surface area (Å²) in [5.74, 6) is 0.0504. The van der Waals surface area contributed by atoms with Gasteiger partial charge in [-0.3, -0.25) is 0 Å². The number of fused-ring (bicyclic) bond motifs is 5. The standard InChI is InChI=1S/C26H20ClF2NO/c1-14-13-26(2,3)30-21-8-6-18-19-12-16(27)4-9-22(19)31-23(25(18)24(14)21)11-15-10-17(28)5-7-20(15)29/h4-13,30H,1-3H3. The zero-order chi connectivity index (χ0) is 21.9. The van der Waals surface area contributed by atoms with Crippen LogP contribution in [0.2, 0.25) is 5.02 Å². The van der Waals surface area contributed by atoms with Gasteiger partial charge in [-0.2, -0.15) is 0 Å². The smallest absolute Gasteiger partial charge is 0.136 e. The van der Waals surface area contributed by atoms with Crippen molar-refractivity contribution in [3.63, 3.8) is 0 Å². The van der Waals surface area contributed by atoms with Crippen molar-refractivity contribution in [1.29, 1.82) is 0 Å². The first-order chi connectivity index (χ1) is 14.7. The summed E-state index contributed by atoms with van der Waals surface area (Å²) in [6.07, 6.45) is 3.71.